The Bertz CT molecular complexity index is 1520. The number of ether oxygens (including phenoxy) is 1. The van der Waals surface area contributed by atoms with E-state index in [9.17, 15) is 14.9 Å². The van der Waals surface area contributed by atoms with Crippen LogP contribution in [0.15, 0.2) is 63.4 Å². The minimum atomic E-state index is -0.474. The van der Waals surface area contributed by atoms with Crippen molar-refractivity contribution in [3.05, 3.63) is 68.8 Å². The van der Waals surface area contributed by atoms with Crippen LogP contribution in [0, 0.1) is 18.3 Å². The van der Waals surface area contributed by atoms with Crippen molar-refractivity contribution in [1.29, 1.82) is 5.26 Å². The van der Waals surface area contributed by atoms with Crippen molar-refractivity contribution in [2.24, 2.45) is 5.73 Å². The van der Waals surface area contributed by atoms with E-state index in [1.54, 1.807) is 35.5 Å². The van der Waals surface area contributed by atoms with Crippen molar-refractivity contribution in [1.82, 2.24) is 10.2 Å². The molecule has 1 unspecified atom stereocenters. The molecule has 1 aromatic carbocycles. The van der Waals surface area contributed by atoms with Crippen LogP contribution in [-0.4, -0.2) is 34.8 Å². The van der Waals surface area contributed by atoms with E-state index in [0.29, 0.717) is 51.3 Å². The van der Waals surface area contributed by atoms with Gasteiger partial charge in [-0.05, 0) is 44.0 Å². The van der Waals surface area contributed by atoms with Gasteiger partial charge in [0.2, 0.25) is 11.0 Å². The molecule has 38 heavy (non-hydrogen) atoms. The highest BCUT2D eigenvalue weighted by Crippen LogP contribution is 2.48. The number of Topliss-reactive ketones (excluding diaryl/α,β-unsaturated/α-hetero) is 1. The molecule has 1 amide bonds. The average molecular weight is 565 g/mol. The molecule has 3 aromatic rings. The predicted molar refractivity (Wildman–Crippen MR) is 149 cm³/mol. The topological polar surface area (TPSA) is 134 Å². The van der Waals surface area contributed by atoms with Gasteiger partial charge >= 0.3 is 0 Å². The number of benzene rings is 1. The highest BCUT2D eigenvalue weighted by Gasteiger charge is 2.41. The first kappa shape index (κ1) is 26.0. The molecule has 2 aromatic heterocycles. The molecule has 2 aliphatic rings. The van der Waals surface area contributed by atoms with Crippen LogP contribution >= 0.6 is 34.4 Å². The Morgan fingerprint density at radius 2 is 2.08 bits per heavy atom. The van der Waals surface area contributed by atoms with Gasteiger partial charge in [-0.2, -0.15) is 5.26 Å². The maximum Gasteiger partial charge on any atom is 0.234 e. The molecule has 1 atom stereocenters. The lowest BCUT2D eigenvalue weighted by atomic mass is 9.78. The molecule has 0 fully saturated rings. The van der Waals surface area contributed by atoms with E-state index in [0.717, 1.165) is 15.5 Å². The first-order valence-electron chi connectivity index (χ1n) is 11.8. The SMILES string of the molecule is COc1ccccc1NC(=O)CSc1nnc(N2C(N)=C(C#N)C(c3ccc(C)s3)C3=C2CCCC3=O)s1. The second-order valence-electron chi connectivity index (χ2n) is 8.65. The summed E-state index contributed by atoms with van der Waals surface area (Å²) in [6.45, 7) is 2.00. The predicted octanol–water partition coefficient (Wildman–Crippen LogP) is 4.95. The molecular formula is C26H24N6O3S3. The molecule has 0 spiro atoms. The Morgan fingerprint density at radius 3 is 2.82 bits per heavy atom. The van der Waals surface area contributed by atoms with E-state index in [1.165, 1.54) is 23.1 Å². The first-order chi connectivity index (χ1) is 18.4. The Hall–Kier alpha value is -3.66. The summed E-state index contributed by atoms with van der Waals surface area (Å²) in [5.41, 5.74) is 8.91. The van der Waals surface area contributed by atoms with E-state index >= 15 is 0 Å². The van der Waals surface area contributed by atoms with Crippen LogP contribution in [0.1, 0.15) is 34.9 Å². The molecule has 1 aliphatic carbocycles. The summed E-state index contributed by atoms with van der Waals surface area (Å²) in [4.78, 5) is 29.5. The molecule has 0 saturated carbocycles. The van der Waals surface area contributed by atoms with Gasteiger partial charge in [0.1, 0.15) is 11.6 Å². The Morgan fingerprint density at radius 1 is 1.26 bits per heavy atom. The number of thioether (sulfide) groups is 1. The van der Waals surface area contributed by atoms with Gasteiger partial charge in [0, 0.05) is 27.4 Å². The van der Waals surface area contributed by atoms with Gasteiger partial charge < -0.3 is 15.8 Å². The molecule has 1 aliphatic heterocycles. The highest BCUT2D eigenvalue weighted by molar-refractivity contribution is 8.01. The van der Waals surface area contributed by atoms with Crippen molar-refractivity contribution in [2.45, 2.75) is 36.4 Å². The summed E-state index contributed by atoms with van der Waals surface area (Å²) < 4.78 is 5.85. The fraction of sp³-hybridized carbons (Fsp3) is 0.269. The number of ketones is 1. The summed E-state index contributed by atoms with van der Waals surface area (Å²) in [5, 5.41) is 22.0. The molecular weight excluding hydrogens is 541 g/mol. The number of thiophene rings is 1. The normalized spacial score (nSPS) is 17.3. The number of carbonyl (C=O) groups excluding carboxylic acids is 2. The summed E-state index contributed by atoms with van der Waals surface area (Å²) in [5.74, 6) is 0.300. The Labute approximate surface area is 232 Å². The lowest BCUT2D eigenvalue weighted by Crippen LogP contribution is -2.38. The molecule has 194 valence electrons. The van der Waals surface area contributed by atoms with Gasteiger partial charge in [-0.15, -0.1) is 21.5 Å². The molecule has 0 bridgehead atoms. The van der Waals surface area contributed by atoms with E-state index in [2.05, 4.69) is 21.6 Å². The Balaban J connectivity index is 1.40. The maximum absolute atomic E-state index is 13.2. The van der Waals surface area contributed by atoms with Crippen LogP contribution in [0.3, 0.4) is 0 Å². The first-order valence-corrected chi connectivity index (χ1v) is 14.4. The van der Waals surface area contributed by atoms with Crippen molar-refractivity contribution < 1.29 is 14.3 Å². The molecule has 3 heterocycles. The van der Waals surface area contributed by atoms with E-state index in [-0.39, 0.29) is 23.3 Å². The third kappa shape index (κ3) is 4.92. The molecule has 3 N–H and O–H groups in total. The van der Waals surface area contributed by atoms with Crippen molar-refractivity contribution in [2.75, 3.05) is 23.1 Å². The van der Waals surface area contributed by atoms with Crippen molar-refractivity contribution in [3.63, 3.8) is 0 Å². The standard InChI is InChI=1S/C26H24N6O3S3/c1-14-10-11-20(37-14)22-15(12-27)24(28)32(17-7-5-8-18(33)23(17)22)25-30-31-26(38-25)36-13-21(34)29-16-6-3-4-9-19(16)35-2/h3-4,6,9-11,22H,5,7-8,13,28H2,1-2H3,(H,29,34). The number of anilines is 2. The number of nitrogens with one attached hydrogen (secondary N) is 1. The number of rotatable bonds is 7. The summed E-state index contributed by atoms with van der Waals surface area (Å²) in [7, 11) is 1.55. The number of carbonyl (C=O) groups is 2. The third-order valence-corrected chi connectivity index (χ3v) is 9.36. The zero-order valence-corrected chi connectivity index (χ0v) is 23.1. The number of aryl methyl sites for hydroxylation is 1. The number of nitriles is 1. The second-order valence-corrected chi connectivity index (χ2v) is 12.2. The van der Waals surface area contributed by atoms with Crippen molar-refractivity contribution >= 4 is 56.9 Å². The quantitative estimate of drug-likeness (QED) is 0.382. The van der Waals surface area contributed by atoms with Gasteiger partial charge in [-0.25, -0.2) is 0 Å². The number of amides is 1. The minimum Gasteiger partial charge on any atom is -0.495 e. The molecule has 9 nitrogen and oxygen atoms in total. The number of nitrogens with two attached hydrogens (primary N) is 1. The zero-order valence-electron chi connectivity index (χ0n) is 20.7. The minimum absolute atomic E-state index is 0.0275. The van der Waals surface area contributed by atoms with E-state index in [4.69, 9.17) is 10.5 Å². The van der Waals surface area contributed by atoms with Gasteiger partial charge in [-0.1, -0.05) is 35.2 Å². The lowest BCUT2D eigenvalue weighted by Gasteiger charge is -2.37. The smallest absolute Gasteiger partial charge is 0.234 e. The lowest BCUT2D eigenvalue weighted by molar-refractivity contribution is -0.116. The van der Waals surface area contributed by atoms with Gasteiger partial charge in [-0.3, -0.25) is 14.5 Å². The van der Waals surface area contributed by atoms with Crippen LogP contribution in [0.5, 0.6) is 5.75 Å². The third-order valence-electron chi connectivity index (χ3n) is 6.25. The number of para-hydroxylation sites is 2. The van der Waals surface area contributed by atoms with Crippen LogP contribution in [0.2, 0.25) is 0 Å². The number of allylic oxidation sites excluding steroid dienone is 3. The molecule has 12 heteroatoms. The molecule has 0 saturated heterocycles. The zero-order chi connectivity index (χ0) is 26.8. The van der Waals surface area contributed by atoms with Gasteiger partial charge in [0.25, 0.3) is 0 Å². The second kappa shape index (κ2) is 11.0. The van der Waals surface area contributed by atoms with Crippen LogP contribution in [-0.2, 0) is 9.59 Å². The summed E-state index contributed by atoms with van der Waals surface area (Å²) in [6.07, 6.45) is 1.78. The van der Waals surface area contributed by atoms with Crippen LogP contribution in [0.25, 0.3) is 0 Å². The van der Waals surface area contributed by atoms with Crippen LogP contribution in [0.4, 0.5) is 10.8 Å². The van der Waals surface area contributed by atoms with E-state index in [1.807, 2.05) is 31.2 Å². The fourth-order valence-corrected chi connectivity index (χ4v) is 7.29. The summed E-state index contributed by atoms with van der Waals surface area (Å²) >= 11 is 4.08. The average Bonchev–Trinajstić information content (AvgIpc) is 3.56. The highest BCUT2D eigenvalue weighted by atomic mass is 32.2. The van der Waals surface area contributed by atoms with E-state index < -0.39 is 5.92 Å². The Kier molecular flexibility index (Phi) is 7.51. The van der Waals surface area contributed by atoms with Crippen molar-refractivity contribution in [3.8, 4) is 11.8 Å². The number of nitrogens with zero attached hydrogens (tertiary/aromatic N) is 4. The summed E-state index contributed by atoms with van der Waals surface area (Å²) in [6, 6.07) is 13.4. The maximum atomic E-state index is 13.2. The largest absolute Gasteiger partial charge is 0.495 e. The number of hydrogen-bond acceptors (Lipinski definition) is 11. The number of aromatic nitrogens is 2. The van der Waals surface area contributed by atoms with Crippen LogP contribution < -0.4 is 20.7 Å². The number of methoxy groups -OCH3 is 1. The monoisotopic (exact) mass is 564 g/mol. The molecule has 5 rings (SSSR count). The number of hydrogen-bond donors (Lipinski definition) is 2. The fourth-order valence-electron chi connectivity index (χ4n) is 4.61. The molecule has 0 radical (unpaired) electrons. The van der Waals surface area contributed by atoms with Gasteiger partial charge in [0.05, 0.1) is 36.1 Å². The van der Waals surface area contributed by atoms with Gasteiger partial charge in [0.15, 0.2) is 10.1 Å².